The fourth-order valence-electron chi connectivity index (χ4n) is 2.16. The summed E-state index contributed by atoms with van der Waals surface area (Å²) in [7, 11) is 0. The minimum absolute atomic E-state index is 0.725. The quantitative estimate of drug-likeness (QED) is 0.506. The highest BCUT2D eigenvalue weighted by atomic mass is 35.5. The average Bonchev–Trinajstić information content (AvgIpc) is 2.55. The molecule has 22 heavy (non-hydrogen) atoms. The molecule has 0 atom stereocenters. The van der Waals surface area contributed by atoms with Gasteiger partial charge in [-0.1, -0.05) is 47.5 Å². The van der Waals surface area contributed by atoms with Crippen molar-refractivity contribution in [2.24, 2.45) is 0 Å². The first kappa shape index (κ1) is 15.4. The maximum absolute atomic E-state index is 5.96. The standard InChI is InChI=1S/C18H13Cl2NS/c1-22-16-10-17(12-2-6-14(19)7-3-12)21-18(11-16)13-4-8-15(20)9-5-13/h2-11H,1H3. The lowest BCUT2D eigenvalue weighted by molar-refractivity contribution is 1.27. The van der Waals surface area contributed by atoms with Crippen molar-refractivity contribution < 1.29 is 0 Å². The van der Waals surface area contributed by atoms with E-state index in [1.807, 2.05) is 48.5 Å². The lowest BCUT2D eigenvalue weighted by Crippen LogP contribution is -1.90. The van der Waals surface area contributed by atoms with Crippen molar-refractivity contribution in [1.82, 2.24) is 4.98 Å². The third-order valence-corrected chi connectivity index (χ3v) is 4.53. The van der Waals surface area contributed by atoms with Crippen molar-refractivity contribution in [3.63, 3.8) is 0 Å². The molecule has 1 aromatic heterocycles. The van der Waals surface area contributed by atoms with Gasteiger partial charge in [-0.2, -0.15) is 0 Å². The van der Waals surface area contributed by atoms with Crippen LogP contribution in [-0.2, 0) is 0 Å². The normalized spacial score (nSPS) is 10.7. The predicted octanol–water partition coefficient (Wildman–Crippen LogP) is 6.44. The van der Waals surface area contributed by atoms with Crippen molar-refractivity contribution in [1.29, 1.82) is 0 Å². The number of hydrogen-bond donors (Lipinski definition) is 0. The van der Waals surface area contributed by atoms with Crippen LogP contribution in [0.4, 0.5) is 0 Å². The third kappa shape index (κ3) is 3.46. The molecule has 0 bridgehead atoms. The van der Waals surface area contributed by atoms with Gasteiger partial charge in [-0.3, -0.25) is 0 Å². The van der Waals surface area contributed by atoms with Crippen LogP contribution in [0.3, 0.4) is 0 Å². The second kappa shape index (κ2) is 6.74. The Bertz CT molecular complexity index is 719. The molecule has 1 heterocycles. The number of halogens is 2. The molecular weight excluding hydrogens is 333 g/mol. The highest BCUT2D eigenvalue weighted by molar-refractivity contribution is 7.98. The summed E-state index contributed by atoms with van der Waals surface area (Å²) < 4.78 is 0. The van der Waals surface area contributed by atoms with E-state index in [1.165, 1.54) is 4.90 Å². The Morgan fingerprint density at radius 3 is 1.50 bits per heavy atom. The minimum atomic E-state index is 0.725. The summed E-state index contributed by atoms with van der Waals surface area (Å²) in [5, 5.41) is 1.45. The van der Waals surface area contributed by atoms with E-state index in [4.69, 9.17) is 28.2 Å². The predicted molar refractivity (Wildman–Crippen MR) is 96.9 cm³/mol. The summed E-state index contributed by atoms with van der Waals surface area (Å²) in [5.74, 6) is 0. The van der Waals surface area contributed by atoms with E-state index >= 15 is 0 Å². The fourth-order valence-corrected chi connectivity index (χ4v) is 2.87. The van der Waals surface area contributed by atoms with Crippen LogP contribution < -0.4 is 0 Å². The summed E-state index contributed by atoms with van der Waals surface area (Å²) in [6, 6.07) is 19.7. The number of hydrogen-bond acceptors (Lipinski definition) is 2. The maximum Gasteiger partial charge on any atom is 0.0720 e. The van der Waals surface area contributed by atoms with Gasteiger partial charge in [0.1, 0.15) is 0 Å². The molecule has 0 radical (unpaired) electrons. The first-order valence-electron chi connectivity index (χ1n) is 6.73. The summed E-state index contributed by atoms with van der Waals surface area (Å²) in [6.45, 7) is 0. The summed E-state index contributed by atoms with van der Waals surface area (Å²) in [6.07, 6.45) is 2.06. The van der Waals surface area contributed by atoms with Gasteiger partial charge in [0, 0.05) is 26.1 Å². The van der Waals surface area contributed by atoms with Crippen LogP contribution >= 0.6 is 35.0 Å². The third-order valence-electron chi connectivity index (χ3n) is 3.31. The van der Waals surface area contributed by atoms with E-state index < -0.39 is 0 Å². The summed E-state index contributed by atoms with van der Waals surface area (Å²) in [5.41, 5.74) is 3.98. The molecule has 0 saturated carbocycles. The van der Waals surface area contributed by atoms with E-state index in [0.717, 1.165) is 32.6 Å². The first-order valence-corrected chi connectivity index (χ1v) is 8.72. The Hall–Kier alpha value is -1.48. The molecule has 0 aliphatic heterocycles. The van der Waals surface area contributed by atoms with Crippen molar-refractivity contribution in [2.75, 3.05) is 6.26 Å². The zero-order valence-electron chi connectivity index (χ0n) is 11.9. The molecule has 3 aromatic rings. The van der Waals surface area contributed by atoms with Gasteiger partial charge in [-0.05, 0) is 42.7 Å². The maximum atomic E-state index is 5.96. The molecule has 0 fully saturated rings. The Labute approximate surface area is 144 Å². The lowest BCUT2D eigenvalue weighted by Gasteiger charge is -2.08. The Morgan fingerprint density at radius 2 is 1.14 bits per heavy atom. The number of rotatable bonds is 3. The van der Waals surface area contributed by atoms with Crippen LogP contribution in [0.1, 0.15) is 0 Å². The van der Waals surface area contributed by atoms with Gasteiger partial charge in [-0.25, -0.2) is 4.98 Å². The molecule has 0 aliphatic rings. The molecule has 0 N–H and O–H groups in total. The van der Waals surface area contributed by atoms with Crippen molar-refractivity contribution in [2.45, 2.75) is 4.90 Å². The number of thioether (sulfide) groups is 1. The number of aromatic nitrogens is 1. The molecule has 0 spiro atoms. The van der Waals surface area contributed by atoms with Crippen LogP contribution in [0.2, 0.25) is 10.0 Å². The van der Waals surface area contributed by atoms with Gasteiger partial charge in [0.15, 0.2) is 0 Å². The molecule has 0 amide bonds. The van der Waals surface area contributed by atoms with Crippen LogP contribution in [0.5, 0.6) is 0 Å². The first-order chi connectivity index (χ1) is 10.7. The van der Waals surface area contributed by atoms with Gasteiger partial charge in [-0.15, -0.1) is 11.8 Å². The van der Waals surface area contributed by atoms with Crippen LogP contribution in [0, 0.1) is 0 Å². The van der Waals surface area contributed by atoms with E-state index in [2.05, 4.69) is 18.4 Å². The second-order valence-electron chi connectivity index (χ2n) is 4.79. The lowest BCUT2D eigenvalue weighted by atomic mass is 10.1. The molecule has 110 valence electrons. The van der Waals surface area contributed by atoms with Crippen molar-refractivity contribution in [3.8, 4) is 22.5 Å². The summed E-state index contributed by atoms with van der Waals surface area (Å²) in [4.78, 5) is 5.95. The Morgan fingerprint density at radius 1 is 0.727 bits per heavy atom. The zero-order chi connectivity index (χ0) is 15.5. The minimum Gasteiger partial charge on any atom is -0.248 e. The van der Waals surface area contributed by atoms with Crippen LogP contribution in [-0.4, -0.2) is 11.2 Å². The molecule has 3 rings (SSSR count). The number of benzene rings is 2. The zero-order valence-corrected chi connectivity index (χ0v) is 14.2. The average molecular weight is 346 g/mol. The summed E-state index contributed by atoms with van der Waals surface area (Å²) >= 11 is 13.6. The molecule has 0 aliphatic carbocycles. The van der Waals surface area contributed by atoms with Gasteiger partial charge in [0.25, 0.3) is 0 Å². The Kier molecular flexibility index (Phi) is 4.72. The highest BCUT2D eigenvalue weighted by Crippen LogP contribution is 2.29. The van der Waals surface area contributed by atoms with Crippen molar-refractivity contribution >= 4 is 35.0 Å². The van der Waals surface area contributed by atoms with E-state index in [0.29, 0.717) is 0 Å². The Balaban J connectivity index is 2.10. The fraction of sp³-hybridized carbons (Fsp3) is 0.0556. The number of pyridine rings is 1. The largest absolute Gasteiger partial charge is 0.248 e. The molecule has 1 nitrogen and oxygen atoms in total. The van der Waals surface area contributed by atoms with Gasteiger partial charge in [0.05, 0.1) is 11.4 Å². The molecule has 4 heteroatoms. The number of nitrogens with zero attached hydrogens (tertiary/aromatic N) is 1. The molecule has 0 saturated heterocycles. The SMILES string of the molecule is CSc1cc(-c2ccc(Cl)cc2)nc(-c2ccc(Cl)cc2)c1. The van der Waals surface area contributed by atoms with Gasteiger partial charge in [0.2, 0.25) is 0 Å². The van der Waals surface area contributed by atoms with Gasteiger partial charge < -0.3 is 0 Å². The highest BCUT2D eigenvalue weighted by Gasteiger charge is 2.07. The monoisotopic (exact) mass is 345 g/mol. The smallest absolute Gasteiger partial charge is 0.0720 e. The molecule has 0 unspecified atom stereocenters. The molecular formula is C18H13Cl2NS. The van der Waals surface area contributed by atoms with E-state index in [-0.39, 0.29) is 0 Å². The van der Waals surface area contributed by atoms with E-state index in [9.17, 15) is 0 Å². The topological polar surface area (TPSA) is 12.9 Å². The van der Waals surface area contributed by atoms with Gasteiger partial charge >= 0.3 is 0 Å². The van der Waals surface area contributed by atoms with Crippen molar-refractivity contribution in [3.05, 3.63) is 70.7 Å². The van der Waals surface area contributed by atoms with Crippen LogP contribution in [0.15, 0.2) is 65.6 Å². The second-order valence-corrected chi connectivity index (χ2v) is 6.54. The molecule has 2 aromatic carbocycles. The van der Waals surface area contributed by atoms with Crippen LogP contribution in [0.25, 0.3) is 22.5 Å². The van der Waals surface area contributed by atoms with E-state index in [1.54, 1.807) is 11.8 Å².